The average molecular weight is 280 g/mol. The van der Waals surface area contributed by atoms with E-state index in [9.17, 15) is 4.79 Å². The predicted molar refractivity (Wildman–Crippen MR) is 88.8 cm³/mol. The van der Waals surface area contributed by atoms with Crippen LogP contribution in [0.25, 0.3) is 0 Å². The Labute approximate surface area is 125 Å². The van der Waals surface area contributed by atoms with Gasteiger partial charge in [-0.3, -0.25) is 4.79 Å². The molecule has 2 aromatic rings. The van der Waals surface area contributed by atoms with Gasteiger partial charge in [0.25, 0.3) is 5.91 Å². The molecule has 0 bridgehead atoms. The van der Waals surface area contributed by atoms with E-state index in [4.69, 9.17) is 0 Å². The molecule has 0 aliphatic carbocycles. The molecule has 21 heavy (non-hydrogen) atoms. The fraction of sp³-hybridized carbons (Fsp3) is 0.167. The van der Waals surface area contributed by atoms with Crippen molar-refractivity contribution in [3.63, 3.8) is 0 Å². The monoisotopic (exact) mass is 280 g/mol. The van der Waals surface area contributed by atoms with Gasteiger partial charge in [-0.2, -0.15) is 0 Å². The van der Waals surface area contributed by atoms with E-state index < -0.39 is 0 Å². The maximum atomic E-state index is 11.9. The third-order valence-corrected chi connectivity index (χ3v) is 3.07. The first-order valence-electron chi connectivity index (χ1n) is 7.09. The number of para-hydroxylation sites is 1. The lowest BCUT2D eigenvalue weighted by Crippen LogP contribution is -2.12. The molecule has 2 rings (SSSR count). The zero-order valence-electron chi connectivity index (χ0n) is 12.4. The van der Waals surface area contributed by atoms with Crippen LogP contribution in [0.15, 0.2) is 66.2 Å². The molecular formula is C18H20N2O. The molecule has 0 unspecified atom stereocenters. The van der Waals surface area contributed by atoms with E-state index in [0.29, 0.717) is 0 Å². The highest BCUT2D eigenvalue weighted by Crippen LogP contribution is 2.18. The summed E-state index contributed by atoms with van der Waals surface area (Å²) in [4.78, 5) is 11.9. The van der Waals surface area contributed by atoms with Crippen LogP contribution in [-0.2, 0) is 4.79 Å². The average Bonchev–Trinajstić information content (AvgIpc) is 2.50. The van der Waals surface area contributed by atoms with Crippen LogP contribution in [0.5, 0.6) is 0 Å². The number of carbonyl (C=O) groups excluding carboxylic acids is 1. The molecule has 3 nitrogen and oxygen atoms in total. The van der Waals surface area contributed by atoms with Crippen LogP contribution < -0.4 is 10.6 Å². The second-order valence-electron chi connectivity index (χ2n) is 4.82. The molecule has 0 atom stereocenters. The Morgan fingerprint density at radius 2 is 1.52 bits per heavy atom. The summed E-state index contributed by atoms with van der Waals surface area (Å²) < 4.78 is 0. The zero-order valence-corrected chi connectivity index (χ0v) is 12.4. The minimum atomic E-state index is -0.0550. The fourth-order valence-electron chi connectivity index (χ4n) is 1.95. The summed E-state index contributed by atoms with van der Waals surface area (Å²) in [7, 11) is 0. The Balaban J connectivity index is 1.99. The molecule has 0 saturated heterocycles. The second kappa shape index (κ2) is 7.29. The van der Waals surface area contributed by atoms with Gasteiger partial charge < -0.3 is 10.6 Å². The van der Waals surface area contributed by atoms with E-state index >= 15 is 0 Å². The second-order valence-corrected chi connectivity index (χ2v) is 4.82. The van der Waals surface area contributed by atoms with Crippen molar-refractivity contribution < 1.29 is 4.79 Å². The molecule has 0 aromatic heterocycles. The summed E-state index contributed by atoms with van der Waals surface area (Å²) in [6, 6.07) is 17.6. The van der Waals surface area contributed by atoms with Crippen molar-refractivity contribution in [3.8, 4) is 0 Å². The van der Waals surface area contributed by atoms with Gasteiger partial charge in [0.15, 0.2) is 0 Å². The Morgan fingerprint density at radius 1 is 0.952 bits per heavy atom. The Hall–Kier alpha value is -2.55. The van der Waals surface area contributed by atoms with E-state index in [0.717, 1.165) is 29.1 Å². The number of anilines is 3. The summed E-state index contributed by atoms with van der Waals surface area (Å²) in [5, 5.41) is 6.19. The number of allylic oxidation sites excluding steroid dienone is 1. The highest BCUT2D eigenvalue weighted by Gasteiger charge is 2.04. The minimum absolute atomic E-state index is 0.0550. The zero-order chi connectivity index (χ0) is 15.1. The van der Waals surface area contributed by atoms with E-state index in [1.165, 1.54) is 0 Å². The molecular weight excluding hydrogens is 260 g/mol. The Kier molecular flexibility index (Phi) is 5.16. The lowest BCUT2D eigenvalue weighted by Gasteiger charge is -2.09. The molecule has 0 saturated carbocycles. The van der Waals surface area contributed by atoms with E-state index in [1.807, 2.05) is 74.5 Å². The van der Waals surface area contributed by atoms with Crippen LogP contribution >= 0.6 is 0 Å². The molecule has 0 spiro atoms. The molecule has 0 heterocycles. The van der Waals surface area contributed by atoms with E-state index in [1.54, 1.807) is 0 Å². The summed E-state index contributed by atoms with van der Waals surface area (Å²) >= 11 is 0. The first-order chi connectivity index (χ1) is 10.2. The predicted octanol–water partition coefficient (Wildman–Crippen LogP) is 4.73. The van der Waals surface area contributed by atoms with Crippen LogP contribution in [0.3, 0.4) is 0 Å². The van der Waals surface area contributed by atoms with Crippen molar-refractivity contribution in [2.45, 2.75) is 20.3 Å². The van der Waals surface area contributed by atoms with Crippen molar-refractivity contribution in [2.75, 3.05) is 10.6 Å². The van der Waals surface area contributed by atoms with Gasteiger partial charge in [0.2, 0.25) is 0 Å². The number of carbonyl (C=O) groups is 1. The van der Waals surface area contributed by atoms with Crippen molar-refractivity contribution in [1.29, 1.82) is 0 Å². The smallest absolute Gasteiger partial charge is 0.250 e. The highest BCUT2D eigenvalue weighted by molar-refractivity contribution is 6.03. The van der Waals surface area contributed by atoms with Crippen molar-refractivity contribution in [2.24, 2.45) is 0 Å². The van der Waals surface area contributed by atoms with Gasteiger partial charge in [-0.15, -0.1) is 0 Å². The van der Waals surface area contributed by atoms with Crippen LogP contribution in [0, 0.1) is 0 Å². The summed E-state index contributed by atoms with van der Waals surface area (Å²) in [6.07, 6.45) is 2.78. The summed E-state index contributed by atoms with van der Waals surface area (Å²) in [5.74, 6) is -0.0550. The van der Waals surface area contributed by atoms with Crippen LogP contribution in [0.2, 0.25) is 0 Å². The quantitative estimate of drug-likeness (QED) is 0.778. The van der Waals surface area contributed by atoms with E-state index in [-0.39, 0.29) is 5.91 Å². The molecule has 0 radical (unpaired) electrons. The Morgan fingerprint density at radius 3 is 2.14 bits per heavy atom. The molecule has 1 amide bonds. The number of nitrogens with one attached hydrogen (secondary N) is 2. The molecule has 0 aliphatic heterocycles. The maximum Gasteiger partial charge on any atom is 0.250 e. The highest BCUT2D eigenvalue weighted by atomic mass is 16.1. The third-order valence-electron chi connectivity index (χ3n) is 3.07. The van der Waals surface area contributed by atoms with Crippen LogP contribution in [0.1, 0.15) is 20.3 Å². The van der Waals surface area contributed by atoms with Gasteiger partial charge in [0, 0.05) is 22.6 Å². The van der Waals surface area contributed by atoms with Gasteiger partial charge in [0.1, 0.15) is 0 Å². The largest absolute Gasteiger partial charge is 0.356 e. The topological polar surface area (TPSA) is 41.1 Å². The standard InChI is InChI=1S/C18H20N2O/c1-3-7-14(2)18(21)20-17-12-10-16(11-13-17)19-15-8-5-4-6-9-15/h4-13,19H,3H2,1-2H3,(H,20,21). The minimum Gasteiger partial charge on any atom is -0.356 e. The Bertz CT molecular complexity index is 615. The van der Waals surface area contributed by atoms with Crippen molar-refractivity contribution >= 4 is 23.0 Å². The van der Waals surface area contributed by atoms with Crippen LogP contribution in [-0.4, -0.2) is 5.91 Å². The van der Waals surface area contributed by atoms with Gasteiger partial charge in [-0.05, 0) is 49.7 Å². The molecule has 0 aliphatic rings. The first-order valence-corrected chi connectivity index (χ1v) is 7.09. The molecule has 2 N–H and O–H groups in total. The molecule has 108 valence electrons. The number of rotatable bonds is 5. The number of hydrogen-bond donors (Lipinski definition) is 2. The first kappa shape index (κ1) is 14.9. The maximum absolute atomic E-state index is 11.9. The molecule has 0 fully saturated rings. The van der Waals surface area contributed by atoms with Gasteiger partial charge in [-0.25, -0.2) is 0 Å². The summed E-state index contributed by atoms with van der Waals surface area (Å²) in [6.45, 7) is 3.84. The van der Waals surface area contributed by atoms with Gasteiger partial charge >= 0.3 is 0 Å². The lowest BCUT2D eigenvalue weighted by atomic mass is 10.2. The molecule has 3 heteroatoms. The van der Waals surface area contributed by atoms with Gasteiger partial charge in [-0.1, -0.05) is 31.2 Å². The third kappa shape index (κ3) is 4.49. The summed E-state index contributed by atoms with van der Waals surface area (Å²) in [5.41, 5.74) is 3.56. The van der Waals surface area contributed by atoms with Gasteiger partial charge in [0.05, 0.1) is 0 Å². The van der Waals surface area contributed by atoms with Crippen molar-refractivity contribution in [1.82, 2.24) is 0 Å². The lowest BCUT2D eigenvalue weighted by molar-refractivity contribution is -0.112. The molecule has 2 aromatic carbocycles. The van der Waals surface area contributed by atoms with Crippen molar-refractivity contribution in [3.05, 3.63) is 66.2 Å². The number of hydrogen-bond acceptors (Lipinski definition) is 2. The number of benzene rings is 2. The normalized spacial score (nSPS) is 11.0. The number of amides is 1. The van der Waals surface area contributed by atoms with Crippen LogP contribution in [0.4, 0.5) is 17.1 Å². The fourth-order valence-corrected chi connectivity index (χ4v) is 1.95. The SMILES string of the molecule is CCC=C(C)C(=O)Nc1ccc(Nc2ccccc2)cc1. The van der Waals surface area contributed by atoms with E-state index in [2.05, 4.69) is 10.6 Å².